The van der Waals surface area contributed by atoms with Gasteiger partial charge in [-0.25, -0.2) is 0 Å². The van der Waals surface area contributed by atoms with Crippen LogP contribution < -0.4 is 0 Å². The Hall–Kier alpha value is -1.14. The number of carbonyl (C=O) groups is 2. The number of ether oxygens (including phenoxy) is 3. The van der Waals surface area contributed by atoms with Gasteiger partial charge in [0.15, 0.2) is 0 Å². The van der Waals surface area contributed by atoms with Gasteiger partial charge < -0.3 is 19.1 Å². The zero-order valence-electron chi connectivity index (χ0n) is 13.6. The van der Waals surface area contributed by atoms with Crippen molar-refractivity contribution in [2.45, 2.75) is 39.4 Å². The molecule has 0 aromatic rings. The predicted octanol–water partition coefficient (Wildman–Crippen LogP) is 1.08. The summed E-state index contributed by atoms with van der Waals surface area (Å²) in [6.45, 7) is 7.21. The second kappa shape index (κ2) is 8.34. The number of hydrogen-bond acceptors (Lipinski definition) is 5. The zero-order chi connectivity index (χ0) is 16.0. The maximum atomic E-state index is 12.8. The van der Waals surface area contributed by atoms with Gasteiger partial charge in [-0.2, -0.15) is 0 Å². The summed E-state index contributed by atoms with van der Waals surface area (Å²) in [6, 6.07) is 0. The summed E-state index contributed by atoms with van der Waals surface area (Å²) in [7, 11) is 2.94. The first kappa shape index (κ1) is 17.9. The van der Waals surface area contributed by atoms with Crippen LogP contribution in [0.5, 0.6) is 0 Å². The van der Waals surface area contributed by atoms with Crippen LogP contribution in [0.4, 0.5) is 0 Å². The molecule has 1 aliphatic heterocycles. The Morgan fingerprint density at radius 1 is 1.10 bits per heavy atom. The Balaban J connectivity index is 2.72. The summed E-state index contributed by atoms with van der Waals surface area (Å²) >= 11 is 0. The Morgan fingerprint density at radius 3 is 2.24 bits per heavy atom. The first-order valence-electron chi connectivity index (χ1n) is 7.42. The summed E-state index contributed by atoms with van der Waals surface area (Å²) < 4.78 is 15.4. The van der Waals surface area contributed by atoms with E-state index in [-0.39, 0.29) is 42.3 Å². The molecule has 0 aromatic carbocycles. The molecular formula is C15H27NO5. The molecule has 21 heavy (non-hydrogen) atoms. The summed E-state index contributed by atoms with van der Waals surface area (Å²) in [5.74, 6) is -0.298. The fraction of sp³-hybridized carbons (Fsp3) is 0.867. The van der Waals surface area contributed by atoms with Crippen molar-refractivity contribution in [2.75, 3.05) is 33.9 Å². The number of carbonyl (C=O) groups excluding carboxylic acids is 2. The number of esters is 1. The molecule has 0 bridgehead atoms. The van der Waals surface area contributed by atoms with E-state index in [0.29, 0.717) is 19.7 Å². The van der Waals surface area contributed by atoms with Crippen molar-refractivity contribution in [1.29, 1.82) is 0 Å². The Kier molecular flexibility index (Phi) is 7.11. The number of amides is 1. The maximum absolute atomic E-state index is 12.8. The molecule has 1 rings (SSSR count). The van der Waals surface area contributed by atoms with Gasteiger partial charge in [0.2, 0.25) is 5.91 Å². The molecule has 0 spiro atoms. The average molecular weight is 301 g/mol. The summed E-state index contributed by atoms with van der Waals surface area (Å²) in [5.41, 5.74) is 0. The first-order valence-corrected chi connectivity index (χ1v) is 7.42. The fourth-order valence-corrected chi connectivity index (χ4v) is 2.77. The lowest BCUT2D eigenvalue weighted by Crippen LogP contribution is -2.43. The summed E-state index contributed by atoms with van der Waals surface area (Å²) in [5, 5.41) is 0. The second-order valence-electron chi connectivity index (χ2n) is 5.58. The lowest BCUT2D eigenvalue weighted by molar-refractivity contribution is -0.143. The molecule has 0 aromatic heterocycles. The average Bonchev–Trinajstić information content (AvgIpc) is 2.71. The van der Waals surface area contributed by atoms with Crippen molar-refractivity contribution in [3.63, 3.8) is 0 Å². The van der Waals surface area contributed by atoms with E-state index in [2.05, 4.69) is 4.74 Å². The van der Waals surface area contributed by atoms with Crippen LogP contribution in [0.1, 0.15) is 27.2 Å². The van der Waals surface area contributed by atoms with E-state index in [0.717, 1.165) is 0 Å². The van der Waals surface area contributed by atoms with Gasteiger partial charge in [-0.05, 0) is 19.8 Å². The van der Waals surface area contributed by atoms with E-state index in [1.807, 2.05) is 20.8 Å². The standard InChI is InChI=1S/C15H27NO5/c1-10-11(2)21-12(3)14(10)15(18)16(8-9-19-4)7-6-13(17)20-5/h10-12,14H,6-9H2,1-5H3. The third kappa shape index (κ3) is 4.68. The first-order chi connectivity index (χ1) is 9.92. The summed E-state index contributed by atoms with van der Waals surface area (Å²) in [4.78, 5) is 25.7. The van der Waals surface area contributed by atoms with E-state index in [9.17, 15) is 9.59 Å². The third-order valence-electron chi connectivity index (χ3n) is 4.22. The molecule has 1 aliphatic rings. The van der Waals surface area contributed by atoms with Gasteiger partial charge in [-0.1, -0.05) is 6.92 Å². The van der Waals surface area contributed by atoms with Gasteiger partial charge in [-0.15, -0.1) is 0 Å². The molecular weight excluding hydrogens is 274 g/mol. The Morgan fingerprint density at radius 2 is 1.76 bits per heavy atom. The highest BCUT2D eigenvalue weighted by Gasteiger charge is 2.43. The molecule has 1 fully saturated rings. The number of nitrogens with zero attached hydrogens (tertiary/aromatic N) is 1. The fourth-order valence-electron chi connectivity index (χ4n) is 2.77. The van der Waals surface area contributed by atoms with Crippen molar-refractivity contribution in [3.8, 4) is 0 Å². The van der Waals surface area contributed by atoms with E-state index in [1.165, 1.54) is 7.11 Å². The van der Waals surface area contributed by atoms with Crippen molar-refractivity contribution < 1.29 is 23.8 Å². The largest absolute Gasteiger partial charge is 0.469 e. The molecule has 122 valence electrons. The van der Waals surface area contributed by atoms with Crippen LogP contribution in [-0.4, -0.2) is 62.9 Å². The van der Waals surface area contributed by atoms with Crippen LogP contribution in [-0.2, 0) is 23.8 Å². The smallest absolute Gasteiger partial charge is 0.307 e. The predicted molar refractivity (Wildman–Crippen MR) is 77.8 cm³/mol. The molecule has 1 saturated heterocycles. The van der Waals surface area contributed by atoms with Crippen LogP contribution in [0.2, 0.25) is 0 Å². The molecule has 0 radical (unpaired) electrons. The molecule has 6 heteroatoms. The van der Waals surface area contributed by atoms with Crippen LogP contribution in [0.3, 0.4) is 0 Å². The lowest BCUT2D eigenvalue weighted by Gasteiger charge is -2.28. The number of methoxy groups -OCH3 is 2. The third-order valence-corrected chi connectivity index (χ3v) is 4.22. The second-order valence-corrected chi connectivity index (χ2v) is 5.58. The minimum atomic E-state index is -0.317. The monoisotopic (exact) mass is 301 g/mol. The van der Waals surface area contributed by atoms with Crippen molar-refractivity contribution in [2.24, 2.45) is 11.8 Å². The van der Waals surface area contributed by atoms with E-state index >= 15 is 0 Å². The minimum absolute atomic E-state index is 0.0281. The topological polar surface area (TPSA) is 65.1 Å². The number of rotatable bonds is 7. The molecule has 6 nitrogen and oxygen atoms in total. The van der Waals surface area contributed by atoms with Gasteiger partial charge in [-0.3, -0.25) is 9.59 Å². The van der Waals surface area contributed by atoms with Crippen LogP contribution >= 0.6 is 0 Å². The Labute approximate surface area is 126 Å². The highest BCUT2D eigenvalue weighted by atomic mass is 16.5. The highest BCUT2D eigenvalue weighted by Crippen LogP contribution is 2.33. The minimum Gasteiger partial charge on any atom is -0.469 e. The van der Waals surface area contributed by atoms with Crippen LogP contribution in [0.25, 0.3) is 0 Å². The maximum Gasteiger partial charge on any atom is 0.307 e. The van der Waals surface area contributed by atoms with Gasteiger partial charge in [0.25, 0.3) is 0 Å². The SMILES string of the molecule is COCCN(CCC(=O)OC)C(=O)C1C(C)OC(C)C1C. The highest BCUT2D eigenvalue weighted by molar-refractivity contribution is 5.80. The molecule has 0 saturated carbocycles. The normalized spacial score (nSPS) is 28.4. The van der Waals surface area contributed by atoms with Crippen molar-refractivity contribution in [3.05, 3.63) is 0 Å². The molecule has 4 unspecified atom stereocenters. The summed E-state index contributed by atoms with van der Waals surface area (Å²) in [6.07, 6.45) is 0.155. The molecule has 4 atom stereocenters. The van der Waals surface area contributed by atoms with Gasteiger partial charge in [0.05, 0.1) is 38.3 Å². The lowest BCUT2D eigenvalue weighted by atomic mass is 9.88. The van der Waals surface area contributed by atoms with Gasteiger partial charge in [0, 0.05) is 20.2 Å². The molecule has 1 amide bonds. The Bertz CT molecular complexity index is 360. The van der Waals surface area contributed by atoms with E-state index in [4.69, 9.17) is 9.47 Å². The van der Waals surface area contributed by atoms with Gasteiger partial charge >= 0.3 is 5.97 Å². The molecule has 1 heterocycles. The molecule has 0 N–H and O–H groups in total. The quantitative estimate of drug-likeness (QED) is 0.659. The molecule has 0 aliphatic carbocycles. The van der Waals surface area contributed by atoms with Crippen molar-refractivity contribution in [1.82, 2.24) is 4.90 Å². The van der Waals surface area contributed by atoms with Gasteiger partial charge in [0.1, 0.15) is 0 Å². The van der Waals surface area contributed by atoms with E-state index < -0.39 is 0 Å². The van der Waals surface area contributed by atoms with Crippen molar-refractivity contribution >= 4 is 11.9 Å². The zero-order valence-corrected chi connectivity index (χ0v) is 13.6. The van der Waals surface area contributed by atoms with E-state index in [1.54, 1.807) is 12.0 Å². The van der Waals surface area contributed by atoms with Crippen LogP contribution in [0, 0.1) is 11.8 Å². The van der Waals surface area contributed by atoms with Crippen LogP contribution in [0.15, 0.2) is 0 Å². The number of hydrogen-bond donors (Lipinski definition) is 0.